The van der Waals surface area contributed by atoms with Crippen molar-refractivity contribution in [3.8, 4) is 6.07 Å². The number of benzene rings is 1. The molecule has 0 radical (unpaired) electrons. The lowest BCUT2D eigenvalue weighted by Crippen LogP contribution is -2.06. The highest BCUT2D eigenvalue weighted by Gasteiger charge is 2.04. The largest absolute Gasteiger partial charge is 0.377 e. The number of halogens is 1. The van der Waals surface area contributed by atoms with Gasteiger partial charge in [-0.25, -0.2) is 0 Å². The highest BCUT2D eigenvalue weighted by Crippen LogP contribution is 2.20. The van der Waals surface area contributed by atoms with E-state index in [0.717, 1.165) is 16.0 Å². The first-order valence-electron chi connectivity index (χ1n) is 4.97. The van der Waals surface area contributed by atoms with Gasteiger partial charge in [0.05, 0.1) is 17.8 Å². The molecular formula is C11H10BrN5. The number of nitrogens with one attached hydrogen (secondary N) is 1. The standard InChI is InChI=1S/C11H10BrN5/c1-17-7-15-16-11(17)6-14-10-3-2-9(12)4-8(10)5-13/h2-4,7,14H,6H2,1H3. The number of aryl methyl sites for hydroxylation is 1. The van der Waals surface area contributed by atoms with Crippen LogP contribution in [0.25, 0.3) is 0 Å². The smallest absolute Gasteiger partial charge is 0.151 e. The van der Waals surface area contributed by atoms with Gasteiger partial charge in [0.15, 0.2) is 5.82 Å². The molecule has 1 aromatic heterocycles. The molecule has 0 saturated carbocycles. The molecular weight excluding hydrogens is 282 g/mol. The average molecular weight is 292 g/mol. The van der Waals surface area contributed by atoms with E-state index in [1.54, 1.807) is 12.4 Å². The van der Waals surface area contributed by atoms with Gasteiger partial charge in [0.2, 0.25) is 0 Å². The summed E-state index contributed by atoms with van der Waals surface area (Å²) >= 11 is 3.33. The van der Waals surface area contributed by atoms with Crippen LogP contribution in [-0.2, 0) is 13.6 Å². The van der Waals surface area contributed by atoms with Gasteiger partial charge in [-0.05, 0) is 18.2 Å². The Labute approximate surface area is 107 Å². The van der Waals surface area contributed by atoms with Crippen molar-refractivity contribution < 1.29 is 0 Å². The molecule has 0 aliphatic carbocycles. The predicted octanol–water partition coefficient (Wildman–Crippen LogP) is 2.06. The molecule has 1 N–H and O–H groups in total. The van der Waals surface area contributed by atoms with Gasteiger partial charge in [-0.15, -0.1) is 10.2 Å². The summed E-state index contributed by atoms with van der Waals surface area (Å²) in [5.74, 6) is 0.816. The number of rotatable bonds is 3. The Morgan fingerprint density at radius 1 is 1.53 bits per heavy atom. The van der Waals surface area contributed by atoms with E-state index in [1.165, 1.54) is 0 Å². The molecule has 0 spiro atoms. The summed E-state index contributed by atoms with van der Waals surface area (Å²) in [7, 11) is 1.88. The van der Waals surface area contributed by atoms with Gasteiger partial charge in [0.25, 0.3) is 0 Å². The summed E-state index contributed by atoms with van der Waals surface area (Å²) in [5, 5.41) is 19.9. The van der Waals surface area contributed by atoms with Crippen molar-refractivity contribution in [2.24, 2.45) is 7.05 Å². The third-order valence-corrected chi connectivity index (χ3v) is 2.84. The summed E-state index contributed by atoms with van der Waals surface area (Å²) in [6, 6.07) is 7.67. The molecule has 0 atom stereocenters. The van der Waals surface area contributed by atoms with Gasteiger partial charge in [0.1, 0.15) is 12.4 Å². The molecule has 0 aliphatic rings. The molecule has 1 aromatic carbocycles. The van der Waals surface area contributed by atoms with Crippen molar-refractivity contribution in [3.05, 3.63) is 40.4 Å². The second kappa shape index (κ2) is 4.97. The van der Waals surface area contributed by atoms with Crippen LogP contribution in [0.15, 0.2) is 29.0 Å². The van der Waals surface area contributed by atoms with Crippen molar-refractivity contribution in [3.63, 3.8) is 0 Å². The maximum atomic E-state index is 9.01. The van der Waals surface area contributed by atoms with E-state index >= 15 is 0 Å². The summed E-state index contributed by atoms with van der Waals surface area (Å²) in [6.45, 7) is 0.535. The first kappa shape index (κ1) is 11.6. The van der Waals surface area contributed by atoms with E-state index in [2.05, 4.69) is 37.5 Å². The molecule has 0 unspecified atom stereocenters. The van der Waals surface area contributed by atoms with Crippen LogP contribution in [0.1, 0.15) is 11.4 Å². The topological polar surface area (TPSA) is 66.5 Å². The van der Waals surface area contributed by atoms with E-state index in [-0.39, 0.29) is 0 Å². The van der Waals surface area contributed by atoms with Gasteiger partial charge < -0.3 is 9.88 Å². The molecule has 17 heavy (non-hydrogen) atoms. The predicted molar refractivity (Wildman–Crippen MR) is 67.2 cm³/mol. The van der Waals surface area contributed by atoms with Gasteiger partial charge in [-0.2, -0.15) is 5.26 Å². The van der Waals surface area contributed by atoms with E-state index in [9.17, 15) is 0 Å². The van der Waals surface area contributed by atoms with Crippen molar-refractivity contribution in [2.75, 3.05) is 5.32 Å². The normalized spacial score (nSPS) is 9.94. The highest BCUT2D eigenvalue weighted by molar-refractivity contribution is 9.10. The molecule has 1 heterocycles. The second-order valence-corrected chi connectivity index (χ2v) is 4.43. The van der Waals surface area contributed by atoms with Crippen LogP contribution in [0.3, 0.4) is 0 Å². The third kappa shape index (κ3) is 2.63. The van der Waals surface area contributed by atoms with Crippen LogP contribution in [0.5, 0.6) is 0 Å². The quantitative estimate of drug-likeness (QED) is 0.940. The van der Waals surface area contributed by atoms with Crippen molar-refractivity contribution in [1.29, 1.82) is 5.26 Å². The van der Waals surface area contributed by atoms with Gasteiger partial charge in [-0.3, -0.25) is 0 Å². The highest BCUT2D eigenvalue weighted by atomic mass is 79.9. The Balaban J connectivity index is 2.15. The van der Waals surface area contributed by atoms with E-state index in [4.69, 9.17) is 5.26 Å². The Morgan fingerprint density at radius 3 is 3.00 bits per heavy atom. The Morgan fingerprint density at radius 2 is 2.35 bits per heavy atom. The zero-order valence-electron chi connectivity index (χ0n) is 9.18. The van der Waals surface area contributed by atoms with E-state index < -0.39 is 0 Å². The van der Waals surface area contributed by atoms with Gasteiger partial charge >= 0.3 is 0 Å². The lowest BCUT2D eigenvalue weighted by Gasteiger charge is -2.07. The maximum absolute atomic E-state index is 9.01. The van der Waals surface area contributed by atoms with Crippen LogP contribution in [0.4, 0.5) is 5.69 Å². The minimum absolute atomic E-state index is 0.535. The molecule has 0 bridgehead atoms. The second-order valence-electron chi connectivity index (χ2n) is 3.51. The van der Waals surface area contributed by atoms with Crippen LogP contribution in [0.2, 0.25) is 0 Å². The number of hydrogen-bond donors (Lipinski definition) is 1. The fraction of sp³-hybridized carbons (Fsp3) is 0.182. The number of hydrogen-bond acceptors (Lipinski definition) is 4. The Bertz CT molecular complexity index is 569. The van der Waals surface area contributed by atoms with E-state index in [0.29, 0.717) is 12.1 Å². The SMILES string of the molecule is Cn1cnnc1CNc1ccc(Br)cc1C#N. The van der Waals surface area contributed by atoms with Crippen molar-refractivity contribution in [2.45, 2.75) is 6.54 Å². The zero-order valence-corrected chi connectivity index (χ0v) is 10.8. The molecule has 2 rings (SSSR count). The molecule has 6 heteroatoms. The van der Waals surface area contributed by atoms with Crippen LogP contribution >= 0.6 is 15.9 Å². The number of anilines is 1. The number of aromatic nitrogens is 3. The number of nitriles is 1. The maximum Gasteiger partial charge on any atom is 0.151 e. The molecule has 86 valence electrons. The van der Waals surface area contributed by atoms with Crippen molar-refractivity contribution in [1.82, 2.24) is 14.8 Å². The monoisotopic (exact) mass is 291 g/mol. The Kier molecular flexibility index (Phi) is 3.40. The first-order valence-corrected chi connectivity index (χ1v) is 5.76. The zero-order chi connectivity index (χ0) is 12.3. The van der Waals surface area contributed by atoms with Crippen LogP contribution in [-0.4, -0.2) is 14.8 Å². The minimum atomic E-state index is 0.535. The first-order chi connectivity index (χ1) is 8.20. The summed E-state index contributed by atoms with van der Waals surface area (Å²) in [6.07, 6.45) is 1.64. The summed E-state index contributed by atoms with van der Waals surface area (Å²) in [4.78, 5) is 0. The van der Waals surface area contributed by atoms with Gasteiger partial charge in [0, 0.05) is 11.5 Å². The molecule has 0 aliphatic heterocycles. The molecule has 2 aromatic rings. The average Bonchev–Trinajstić information content (AvgIpc) is 2.73. The van der Waals surface area contributed by atoms with E-state index in [1.807, 2.05) is 23.7 Å². The van der Waals surface area contributed by atoms with Gasteiger partial charge in [-0.1, -0.05) is 15.9 Å². The minimum Gasteiger partial charge on any atom is -0.377 e. The summed E-state index contributed by atoms with van der Waals surface area (Å²) < 4.78 is 2.72. The molecule has 0 saturated heterocycles. The third-order valence-electron chi connectivity index (χ3n) is 2.34. The van der Waals surface area contributed by atoms with Crippen LogP contribution < -0.4 is 5.32 Å². The fourth-order valence-electron chi connectivity index (χ4n) is 1.40. The molecule has 5 nitrogen and oxygen atoms in total. The fourth-order valence-corrected chi connectivity index (χ4v) is 1.77. The van der Waals surface area contributed by atoms with Crippen LogP contribution in [0, 0.1) is 11.3 Å². The molecule has 0 fully saturated rings. The Hall–Kier alpha value is -1.87. The lowest BCUT2D eigenvalue weighted by atomic mass is 10.2. The number of nitrogens with zero attached hydrogens (tertiary/aromatic N) is 4. The lowest BCUT2D eigenvalue weighted by molar-refractivity contribution is 0.812. The van der Waals surface area contributed by atoms with Crippen molar-refractivity contribution >= 4 is 21.6 Å². The summed E-state index contributed by atoms with van der Waals surface area (Å²) in [5.41, 5.74) is 1.39. The molecule has 0 amide bonds.